The van der Waals surface area contributed by atoms with Gasteiger partial charge in [-0.3, -0.25) is 24.7 Å². The first kappa shape index (κ1) is 27.4. The van der Waals surface area contributed by atoms with E-state index in [2.05, 4.69) is 20.2 Å². The van der Waals surface area contributed by atoms with Gasteiger partial charge in [-0.15, -0.1) is 0 Å². The summed E-state index contributed by atoms with van der Waals surface area (Å²) in [5.74, 6) is -2.40. The molecular formula is C21H17F6N7O5. The number of alkyl halides is 6. The monoisotopic (exact) mass is 561 g/mol. The molecule has 2 fully saturated rings. The van der Waals surface area contributed by atoms with E-state index in [4.69, 9.17) is 20.4 Å². The second-order valence-corrected chi connectivity index (χ2v) is 8.41. The van der Waals surface area contributed by atoms with Crippen molar-refractivity contribution in [1.82, 2.24) is 25.1 Å². The summed E-state index contributed by atoms with van der Waals surface area (Å²) in [5.41, 5.74) is 5.17. The third-order valence-electron chi connectivity index (χ3n) is 5.76. The fraction of sp³-hybridized carbons (Fsp3) is 0.333. The maximum absolute atomic E-state index is 13.0. The van der Waals surface area contributed by atoms with Gasteiger partial charge in [0.05, 0.1) is 29.0 Å². The molecule has 0 unspecified atom stereocenters. The van der Waals surface area contributed by atoms with Crippen molar-refractivity contribution < 1.29 is 50.6 Å². The number of fused-ring (bicyclic) bond motifs is 1. The number of carboxylic acids is 1. The highest BCUT2D eigenvalue weighted by Gasteiger charge is 2.47. The molecule has 0 bridgehead atoms. The average Bonchev–Trinajstić information content (AvgIpc) is 3.34. The largest absolute Gasteiger partial charge is 0.490 e. The fourth-order valence-electron chi connectivity index (χ4n) is 3.81. The molecule has 0 radical (unpaired) electrons. The van der Waals surface area contributed by atoms with Crippen LogP contribution >= 0.6 is 0 Å². The minimum absolute atomic E-state index is 0.0788. The SMILES string of the molecule is Nc1[nH]nc2ncc(OC3CC(N4C(=O)CN(c5cncc(C(F)(F)F)c5)C4=O)C3)cc12.O=C(O)C(F)(F)F. The number of imide groups is 1. The number of aromatic nitrogens is 4. The predicted octanol–water partition coefficient (Wildman–Crippen LogP) is 2.97. The van der Waals surface area contributed by atoms with Crippen molar-refractivity contribution in [2.75, 3.05) is 17.2 Å². The first-order valence-electron chi connectivity index (χ1n) is 10.9. The van der Waals surface area contributed by atoms with Crippen molar-refractivity contribution >= 4 is 40.4 Å². The number of nitrogens with two attached hydrogens (primary N) is 1. The van der Waals surface area contributed by atoms with Gasteiger partial charge in [0, 0.05) is 25.1 Å². The maximum atomic E-state index is 13.0. The number of aliphatic carboxylic acids is 1. The second kappa shape index (κ2) is 9.91. The van der Waals surface area contributed by atoms with Crippen LogP contribution in [0.15, 0.2) is 30.7 Å². The average molecular weight is 561 g/mol. The van der Waals surface area contributed by atoms with Crippen LogP contribution in [0.3, 0.4) is 0 Å². The summed E-state index contributed by atoms with van der Waals surface area (Å²) in [4.78, 5) is 43.9. The predicted molar refractivity (Wildman–Crippen MR) is 118 cm³/mol. The molecule has 2 aliphatic rings. The molecule has 208 valence electrons. The molecule has 3 amide bonds. The Bertz CT molecular complexity index is 1420. The van der Waals surface area contributed by atoms with Crippen LogP contribution in [-0.4, -0.2) is 72.9 Å². The lowest BCUT2D eigenvalue weighted by atomic mass is 9.88. The highest BCUT2D eigenvalue weighted by atomic mass is 19.4. The molecule has 3 aromatic rings. The van der Waals surface area contributed by atoms with Crippen LogP contribution in [0.5, 0.6) is 5.75 Å². The van der Waals surface area contributed by atoms with Crippen molar-refractivity contribution in [2.45, 2.75) is 37.3 Å². The van der Waals surface area contributed by atoms with Crippen LogP contribution in [0.2, 0.25) is 0 Å². The van der Waals surface area contributed by atoms with Gasteiger partial charge in [0.25, 0.3) is 5.91 Å². The van der Waals surface area contributed by atoms with Crippen LogP contribution < -0.4 is 15.4 Å². The number of rotatable bonds is 4. The summed E-state index contributed by atoms with van der Waals surface area (Å²) in [6, 6.07) is 1.43. The maximum Gasteiger partial charge on any atom is 0.490 e. The molecule has 1 aliphatic carbocycles. The van der Waals surface area contributed by atoms with Crippen molar-refractivity contribution in [3.8, 4) is 5.75 Å². The number of nitrogen functional groups attached to an aromatic ring is 1. The molecule has 1 aliphatic heterocycles. The summed E-state index contributed by atoms with van der Waals surface area (Å²) in [6.45, 7) is -0.343. The van der Waals surface area contributed by atoms with E-state index in [1.54, 1.807) is 6.07 Å². The normalized spacial score (nSPS) is 19.5. The highest BCUT2D eigenvalue weighted by Crippen LogP contribution is 2.36. The van der Waals surface area contributed by atoms with Crippen molar-refractivity contribution in [2.24, 2.45) is 0 Å². The van der Waals surface area contributed by atoms with E-state index in [9.17, 15) is 35.9 Å². The van der Waals surface area contributed by atoms with Gasteiger partial charge in [0.1, 0.15) is 24.2 Å². The minimum atomic E-state index is -5.08. The summed E-state index contributed by atoms with van der Waals surface area (Å²) in [7, 11) is 0. The zero-order valence-corrected chi connectivity index (χ0v) is 19.3. The summed E-state index contributed by atoms with van der Waals surface area (Å²) < 4.78 is 76.5. The molecule has 12 nitrogen and oxygen atoms in total. The Kier molecular flexibility index (Phi) is 6.96. The molecule has 0 atom stereocenters. The number of aromatic amines is 1. The first-order chi connectivity index (χ1) is 18.1. The second-order valence-electron chi connectivity index (χ2n) is 8.41. The molecule has 3 aromatic heterocycles. The van der Waals surface area contributed by atoms with E-state index in [1.165, 1.54) is 6.20 Å². The number of carbonyl (C=O) groups is 3. The van der Waals surface area contributed by atoms with E-state index in [-0.39, 0.29) is 18.3 Å². The third-order valence-corrected chi connectivity index (χ3v) is 5.76. The molecule has 4 N–H and O–H groups in total. The fourth-order valence-corrected chi connectivity index (χ4v) is 3.81. The smallest absolute Gasteiger partial charge is 0.489 e. The van der Waals surface area contributed by atoms with Crippen LogP contribution in [0.4, 0.5) is 42.6 Å². The summed E-state index contributed by atoms with van der Waals surface area (Å²) in [5, 5.41) is 14.3. The molecule has 5 rings (SSSR count). The van der Waals surface area contributed by atoms with Crippen molar-refractivity contribution in [1.29, 1.82) is 0 Å². The molecule has 0 spiro atoms. The molecule has 0 aromatic carbocycles. The number of H-pyrrole nitrogens is 1. The number of halogens is 6. The quantitative estimate of drug-likeness (QED) is 0.320. The lowest BCUT2D eigenvalue weighted by Crippen LogP contribution is -2.52. The first-order valence-corrected chi connectivity index (χ1v) is 10.9. The topological polar surface area (TPSA) is 168 Å². The number of pyridine rings is 2. The Morgan fingerprint density at radius 1 is 1.10 bits per heavy atom. The number of nitrogens with one attached hydrogen (secondary N) is 1. The van der Waals surface area contributed by atoms with Crippen LogP contribution in [0.1, 0.15) is 18.4 Å². The van der Waals surface area contributed by atoms with Crippen molar-refractivity contribution in [3.63, 3.8) is 0 Å². The van der Waals surface area contributed by atoms with Gasteiger partial charge < -0.3 is 15.6 Å². The Morgan fingerprint density at radius 2 is 1.77 bits per heavy atom. The number of carbonyl (C=O) groups excluding carboxylic acids is 2. The van der Waals surface area contributed by atoms with Gasteiger partial charge in [-0.25, -0.2) is 14.6 Å². The highest BCUT2D eigenvalue weighted by molar-refractivity contribution is 6.12. The van der Waals surface area contributed by atoms with Gasteiger partial charge in [-0.05, 0) is 12.1 Å². The van der Waals surface area contributed by atoms with E-state index in [0.717, 1.165) is 22.1 Å². The molecule has 4 heterocycles. The van der Waals surface area contributed by atoms with E-state index < -0.39 is 41.9 Å². The Balaban J connectivity index is 0.000000448. The number of hydrogen-bond acceptors (Lipinski definition) is 8. The number of hydrogen-bond donors (Lipinski definition) is 3. The van der Waals surface area contributed by atoms with Gasteiger partial charge in [0.2, 0.25) is 0 Å². The van der Waals surface area contributed by atoms with Crippen LogP contribution in [0.25, 0.3) is 11.0 Å². The molecular weight excluding hydrogens is 544 g/mol. The number of urea groups is 1. The van der Waals surface area contributed by atoms with Gasteiger partial charge in [-0.1, -0.05) is 0 Å². The molecule has 1 saturated heterocycles. The zero-order valence-electron chi connectivity index (χ0n) is 19.3. The van der Waals surface area contributed by atoms with E-state index >= 15 is 0 Å². The summed E-state index contributed by atoms with van der Waals surface area (Å²) in [6.07, 6.45) is -5.85. The number of amides is 3. The number of ether oxygens (including phenoxy) is 1. The molecule has 39 heavy (non-hydrogen) atoms. The minimum Gasteiger partial charge on any atom is -0.489 e. The zero-order chi connectivity index (χ0) is 28.7. The number of nitrogens with zero attached hydrogens (tertiary/aromatic N) is 5. The van der Waals surface area contributed by atoms with Gasteiger partial charge in [0.15, 0.2) is 5.65 Å². The standard InChI is InChI=1S/C19H16F3N7O3.C2HF3O2/c20-19(21,22)9-1-11(6-24-5-9)28-8-15(30)29(18(28)31)10-2-12(3-10)32-13-4-14-16(23)26-27-17(14)25-7-13;3-2(4,5)1(6)7/h1,4-7,10,12H,2-3,8H2,(H3,23,25,26,27);(H,6,7). The van der Waals surface area contributed by atoms with Gasteiger partial charge in [-0.2, -0.15) is 31.4 Å². The summed E-state index contributed by atoms with van der Waals surface area (Å²) >= 11 is 0. The lowest BCUT2D eigenvalue weighted by Gasteiger charge is -2.39. The third kappa shape index (κ3) is 5.78. The van der Waals surface area contributed by atoms with E-state index in [1.807, 2.05) is 0 Å². The van der Waals surface area contributed by atoms with Crippen molar-refractivity contribution in [3.05, 3.63) is 36.3 Å². The number of anilines is 2. The Labute approximate surface area is 213 Å². The van der Waals surface area contributed by atoms with E-state index in [0.29, 0.717) is 41.6 Å². The Morgan fingerprint density at radius 3 is 2.38 bits per heavy atom. The lowest BCUT2D eigenvalue weighted by molar-refractivity contribution is -0.192. The van der Waals surface area contributed by atoms with Gasteiger partial charge >= 0.3 is 24.4 Å². The van der Waals surface area contributed by atoms with Crippen LogP contribution in [-0.2, 0) is 15.8 Å². The molecule has 1 saturated carbocycles. The Hall–Kier alpha value is -4.64. The molecule has 18 heteroatoms. The number of carboxylic acid groups (broad SMARTS) is 1. The van der Waals surface area contributed by atoms with Crippen LogP contribution in [0, 0.1) is 0 Å².